The van der Waals surface area contributed by atoms with E-state index in [0.29, 0.717) is 0 Å². The largest absolute Gasteiger partial charge is 0.310 e. The fourth-order valence-corrected chi connectivity index (χ4v) is 8.03. The quantitative estimate of drug-likeness (QED) is 0.175. The first-order valence-corrected chi connectivity index (χ1v) is 17.4. The van der Waals surface area contributed by atoms with E-state index in [9.17, 15) is 0 Å². The van der Waals surface area contributed by atoms with Gasteiger partial charge in [0.25, 0.3) is 0 Å². The number of hydrogen-bond acceptors (Lipinski definition) is 1. The molecule has 238 valence electrons. The lowest BCUT2D eigenvalue weighted by molar-refractivity contribution is 0.662. The summed E-state index contributed by atoms with van der Waals surface area (Å²) in [4.78, 5) is 2.41. The van der Waals surface area contributed by atoms with Crippen molar-refractivity contribution in [1.29, 1.82) is 0 Å². The lowest BCUT2D eigenvalue weighted by Gasteiger charge is -2.29. The van der Waals surface area contributed by atoms with Gasteiger partial charge < -0.3 is 4.90 Å². The Balaban J connectivity index is 1.18. The molecular formula is C49H37N. The molecule has 1 aliphatic carbocycles. The highest BCUT2D eigenvalue weighted by molar-refractivity contribution is 5.92. The first-order chi connectivity index (χ1) is 24.6. The average molecular weight is 640 g/mol. The summed E-state index contributed by atoms with van der Waals surface area (Å²) in [5.74, 6) is 0. The van der Waals surface area contributed by atoms with Gasteiger partial charge in [-0.1, -0.05) is 166 Å². The minimum absolute atomic E-state index is 0.0783. The molecule has 0 heterocycles. The molecule has 50 heavy (non-hydrogen) atoms. The van der Waals surface area contributed by atoms with Gasteiger partial charge in [-0.15, -0.1) is 0 Å². The van der Waals surface area contributed by atoms with Crippen LogP contribution >= 0.6 is 0 Å². The van der Waals surface area contributed by atoms with Crippen LogP contribution in [0.15, 0.2) is 188 Å². The van der Waals surface area contributed by atoms with E-state index in [1.807, 2.05) is 0 Å². The van der Waals surface area contributed by atoms with Crippen molar-refractivity contribution in [2.75, 3.05) is 4.90 Å². The Morgan fingerprint density at radius 3 is 1.78 bits per heavy atom. The molecule has 0 aromatic heterocycles. The molecule has 0 atom stereocenters. The number of fused-ring (bicyclic) bond motifs is 4. The molecule has 0 spiro atoms. The molecule has 8 aromatic carbocycles. The molecule has 8 aromatic rings. The second kappa shape index (κ2) is 12.1. The van der Waals surface area contributed by atoms with Crippen LogP contribution in [0.3, 0.4) is 0 Å². The normalized spacial score (nSPS) is 12.8. The van der Waals surface area contributed by atoms with Gasteiger partial charge in [0, 0.05) is 22.4 Å². The van der Waals surface area contributed by atoms with Crippen molar-refractivity contribution in [3.05, 3.63) is 199 Å². The molecule has 0 radical (unpaired) electrons. The number of rotatable bonds is 6. The van der Waals surface area contributed by atoms with E-state index < -0.39 is 0 Å². The summed E-state index contributed by atoms with van der Waals surface area (Å²) in [7, 11) is 0. The smallest absolute Gasteiger partial charge is 0.0540 e. The minimum Gasteiger partial charge on any atom is -0.310 e. The predicted molar refractivity (Wildman–Crippen MR) is 213 cm³/mol. The second-order valence-electron chi connectivity index (χ2n) is 13.8. The van der Waals surface area contributed by atoms with E-state index in [2.05, 4.69) is 207 Å². The number of para-hydroxylation sites is 1. The van der Waals surface area contributed by atoms with Crippen molar-refractivity contribution in [2.24, 2.45) is 0 Å². The van der Waals surface area contributed by atoms with Gasteiger partial charge in [0.15, 0.2) is 0 Å². The lowest BCUT2D eigenvalue weighted by atomic mass is 9.79. The van der Waals surface area contributed by atoms with Crippen molar-refractivity contribution >= 4 is 27.8 Å². The highest BCUT2D eigenvalue weighted by Gasteiger charge is 2.37. The fourth-order valence-electron chi connectivity index (χ4n) is 8.03. The topological polar surface area (TPSA) is 3.24 Å². The molecule has 9 rings (SSSR count). The average Bonchev–Trinajstić information content (AvgIpc) is 3.42. The van der Waals surface area contributed by atoms with Gasteiger partial charge in [-0.25, -0.2) is 0 Å². The molecule has 0 amide bonds. The maximum atomic E-state index is 2.41. The van der Waals surface area contributed by atoms with Gasteiger partial charge in [0.05, 0.1) is 5.69 Å². The summed E-state index contributed by atoms with van der Waals surface area (Å²) in [5.41, 5.74) is 16.1. The Labute approximate surface area is 294 Å². The Kier molecular flexibility index (Phi) is 7.21. The van der Waals surface area contributed by atoms with Crippen molar-refractivity contribution < 1.29 is 0 Å². The highest BCUT2D eigenvalue weighted by Crippen LogP contribution is 2.52. The molecule has 0 unspecified atom stereocenters. The van der Waals surface area contributed by atoms with Crippen molar-refractivity contribution in [1.82, 2.24) is 0 Å². The van der Waals surface area contributed by atoms with E-state index in [1.54, 1.807) is 0 Å². The maximum Gasteiger partial charge on any atom is 0.0540 e. The molecule has 0 fully saturated rings. The SMILES string of the molecule is CC1(C)c2ccccc2-c2cccc(-c3ccc(N(c4cccc(-c5ccc6ccccc6c5)c4)c4ccccc4-c4ccccc4)cc3)c21. The summed E-state index contributed by atoms with van der Waals surface area (Å²) in [6, 6.07) is 68.5. The predicted octanol–water partition coefficient (Wildman–Crippen LogP) is 13.6. The zero-order valence-electron chi connectivity index (χ0n) is 28.3. The zero-order chi connectivity index (χ0) is 33.7. The third-order valence-corrected chi connectivity index (χ3v) is 10.4. The van der Waals surface area contributed by atoms with E-state index >= 15 is 0 Å². The van der Waals surface area contributed by atoms with Crippen LogP contribution < -0.4 is 4.90 Å². The molecule has 0 saturated heterocycles. The summed E-state index contributed by atoms with van der Waals surface area (Å²) in [5, 5.41) is 2.50. The number of anilines is 3. The third-order valence-electron chi connectivity index (χ3n) is 10.4. The molecule has 0 aliphatic heterocycles. The summed E-state index contributed by atoms with van der Waals surface area (Å²) >= 11 is 0. The van der Waals surface area contributed by atoms with Crippen LogP contribution in [0.1, 0.15) is 25.0 Å². The Morgan fingerprint density at radius 2 is 0.940 bits per heavy atom. The Morgan fingerprint density at radius 1 is 0.360 bits per heavy atom. The van der Waals surface area contributed by atoms with Crippen molar-refractivity contribution in [3.63, 3.8) is 0 Å². The molecule has 0 N–H and O–H groups in total. The van der Waals surface area contributed by atoms with E-state index in [1.165, 1.54) is 66.4 Å². The first kappa shape index (κ1) is 29.9. The van der Waals surface area contributed by atoms with Crippen molar-refractivity contribution in [2.45, 2.75) is 19.3 Å². The molecule has 1 nitrogen and oxygen atoms in total. The minimum atomic E-state index is -0.0783. The van der Waals surface area contributed by atoms with Crippen LogP contribution in [0.4, 0.5) is 17.1 Å². The van der Waals surface area contributed by atoms with Gasteiger partial charge in [-0.2, -0.15) is 0 Å². The van der Waals surface area contributed by atoms with E-state index in [4.69, 9.17) is 0 Å². The van der Waals surface area contributed by atoms with Crippen LogP contribution in [-0.2, 0) is 5.41 Å². The third kappa shape index (κ3) is 5.02. The lowest BCUT2D eigenvalue weighted by Crippen LogP contribution is -2.16. The summed E-state index contributed by atoms with van der Waals surface area (Å²) in [6.07, 6.45) is 0. The van der Waals surface area contributed by atoms with E-state index in [0.717, 1.165) is 17.1 Å². The van der Waals surface area contributed by atoms with E-state index in [-0.39, 0.29) is 5.41 Å². The molecule has 1 heteroatoms. The fraction of sp³-hybridized carbons (Fsp3) is 0.0612. The molecule has 1 aliphatic rings. The second-order valence-corrected chi connectivity index (χ2v) is 13.8. The number of nitrogens with zero attached hydrogens (tertiary/aromatic N) is 1. The van der Waals surface area contributed by atoms with Gasteiger partial charge in [0.2, 0.25) is 0 Å². The molecular weight excluding hydrogens is 603 g/mol. The van der Waals surface area contributed by atoms with Gasteiger partial charge in [-0.05, 0) is 97.2 Å². The van der Waals surface area contributed by atoms with Gasteiger partial charge in [-0.3, -0.25) is 0 Å². The zero-order valence-corrected chi connectivity index (χ0v) is 28.3. The van der Waals surface area contributed by atoms with Crippen LogP contribution in [0.25, 0.3) is 55.3 Å². The first-order valence-electron chi connectivity index (χ1n) is 17.4. The maximum absolute atomic E-state index is 2.41. The van der Waals surface area contributed by atoms with Crippen LogP contribution in [0, 0.1) is 0 Å². The summed E-state index contributed by atoms with van der Waals surface area (Å²) < 4.78 is 0. The van der Waals surface area contributed by atoms with Gasteiger partial charge in [0.1, 0.15) is 0 Å². The summed E-state index contributed by atoms with van der Waals surface area (Å²) in [6.45, 7) is 4.72. The van der Waals surface area contributed by atoms with Crippen LogP contribution in [-0.4, -0.2) is 0 Å². The van der Waals surface area contributed by atoms with Crippen molar-refractivity contribution in [3.8, 4) is 44.5 Å². The molecule has 0 saturated carbocycles. The van der Waals surface area contributed by atoms with Gasteiger partial charge >= 0.3 is 0 Å². The Hall–Kier alpha value is -6.18. The van der Waals surface area contributed by atoms with Crippen LogP contribution in [0.2, 0.25) is 0 Å². The number of benzene rings is 8. The Bertz CT molecular complexity index is 2510. The van der Waals surface area contributed by atoms with Crippen LogP contribution in [0.5, 0.6) is 0 Å². The standard InChI is InChI=1S/C49H37N/c1-49(2)46-24-10-8-21-44(46)45-23-13-22-43(48(45)49)36-28-30-40(31-29-36)50(47-25-11-9-20-42(47)35-15-4-3-5-16-35)41-19-12-18-38(33-41)39-27-26-34-14-6-7-17-37(34)32-39/h3-33H,1-2H3. The highest BCUT2D eigenvalue weighted by atomic mass is 15.1. The monoisotopic (exact) mass is 639 g/mol. The molecule has 0 bridgehead atoms. The number of hydrogen-bond donors (Lipinski definition) is 0.